The van der Waals surface area contributed by atoms with Crippen LogP contribution < -0.4 is 5.32 Å². The van der Waals surface area contributed by atoms with Gasteiger partial charge in [0.15, 0.2) is 12.6 Å². The second-order valence-corrected chi connectivity index (χ2v) is 5.26. The molecule has 2 heterocycles. The lowest BCUT2D eigenvalue weighted by atomic mass is 9.96. The normalized spacial score (nSPS) is 38.1. The van der Waals surface area contributed by atoms with Gasteiger partial charge in [0.05, 0.1) is 6.61 Å². The molecule has 2 aliphatic heterocycles. The first kappa shape index (κ1) is 15.4. The molecule has 0 radical (unpaired) electrons. The highest BCUT2D eigenvalue weighted by Crippen LogP contribution is 2.34. The highest BCUT2D eigenvalue weighted by molar-refractivity contribution is 5.47. The monoisotopic (exact) mass is 309 g/mol. The molecule has 1 amide bonds. The van der Waals surface area contributed by atoms with Crippen LogP contribution in [0.4, 0.5) is 0 Å². The number of carbonyl (C=O) groups excluding carboxylic acids is 1. The molecule has 0 aliphatic carbocycles. The summed E-state index contributed by atoms with van der Waals surface area (Å²) in [4.78, 5) is 10.7. The predicted octanol–water partition coefficient (Wildman–Crippen LogP) is -0.0526. The van der Waals surface area contributed by atoms with Gasteiger partial charge in [0.2, 0.25) is 6.41 Å². The fourth-order valence-electron chi connectivity index (χ4n) is 2.83. The molecule has 0 bridgehead atoms. The van der Waals surface area contributed by atoms with E-state index in [0.717, 1.165) is 5.56 Å². The number of fused-ring (bicyclic) bond motifs is 1. The smallest absolute Gasteiger partial charge is 0.207 e. The van der Waals surface area contributed by atoms with Gasteiger partial charge in [-0.2, -0.15) is 0 Å². The Kier molecular flexibility index (Phi) is 4.70. The quantitative estimate of drug-likeness (QED) is 0.758. The molecule has 0 saturated carbocycles. The molecular formula is C15H19NO6. The van der Waals surface area contributed by atoms with E-state index in [0.29, 0.717) is 6.41 Å². The first-order valence-electron chi connectivity index (χ1n) is 7.12. The molecule has 0 unspecified atom stereocenters. The molecule has 2 saturated heterocycles. The summed E-state index contributed by atoms with van der Waals surface area (Å²) in [5, 5.41) is 13.0. The minimum absolute atomic E-state index is 0.273. The summed E-state index contributed by atoms with van der Waals surface area (Å²) in [5.41, 5.74) is 0.863. The SMILES string of the molecule is CO[C@@H]1O[C@@H]2CO[C@H](c3ccccc3)O[C@H]2[C@H](O)[C@H]1NC=O. The maximum Gasteiger partial charge on any atom is 0.207 e. The van der Waals surface area contributed by atoms with E-state index in [1.165, 1.54) is 7.11 Å². The van der Waals surface area contributed by atoms with E-state index in [1.807, 2.05) is 30.3 Å². The molecule has 2 N–H and O–H groups in total. The van der Waals surface area contributed by atoms with E-state index in [2.05, 4.69) is 5.32 Å². The van der Waals surface area contributed by atoms with Crippen molar-refractivity contribution in [2.24, 2.45) is 0 Å². The zero-order valence-corrected chi connectivity index (χ0v) is 12.1. The van der Waals surface area contributed by atoms with Crippen LogP contribution in [-0.2, 0) is 23.7 Å². The summed E-state index contributed by atoms with van der Waals surface area (Å²) in [5.74, 6) is 0. The molecule has 0 spiro atoms. The molecule has 7 nitrogen and oxygen atoms in total. The van der Waals surface area contributed by atoms with Crippen LogP contribution in [0.2, 0.25) is 0 Å². The first-order chi connectivity index (χ1) is 10.7. The van der Waals surface area contributed by atoms with Gasteiger partial charge in [-0.3, -0.25) is 4.79 Å². The van der Waals surface area contributed by atoms with Crippen LogP contribution in [0.1, 0.15) is 11.9 Å². The fourth-order valence-corrected chi connectivity index (χ4v) is 2.83. The number of hydrogen-bond donors (Lipinski definition) is 2. The predicted molar refractivity (Wildman–Crippen MR) is 74.7 cm³/mol. The Balaban J connectivity index is 1.76. The lowest BCUT2D eigenvalue weighted by Gasteiger charge is -2.47. The van der Waals surface area contributed by atoms with Crippen molar-refractivity contribution in [2.45, 2.75) is 36.9 Å². The highest BCUT2D eigenvalue weighted by atomic mass is 16.7. The average Bonchev–Trinajstić information content (AvgIpc) is 2.58. The number of carbonyl (C=O) groups is 1. The summed E-state index contributed by atoms with van der Waals surface area (Å²) in [6.07, 6.45) is -2.83. The van der Waals surface area contributed by atoms with Gasteiger partial charge in [-0.05, 0) is 0 Å². The molecular weight excluding hydrogens is 290 g/mol. The van der Waals surface area contributed by atoms with Crippen molar-refractivity contribution in [2.75, 3.05) is 13.7 Å². The Morgan fingerprint density at radius 2 is 2.09 bits per heavy atom. The van der Waals surface area contributed by atoms with Crippen LogP contribution in [0.15, 0.2) is 30.3 Å². The van der Waals surface area contributed by atoms with Crippen molar-refractivity contribution in [1.82, 2.24) is 5.32 Å². The Morgan fingerprint density at radius 1 is 1.32 bits per heavy atom. The maximum absolute atomic E-state index is 10.7. The molecule has 7 heteroatoms. The van der Waals surface area contributed by atoms with Gasteiger partial charge in [-0.25, -0.2) is 0 Å². The van der Waals surface area contributed by atoms with Gasteiger partial charge in [-0.15, -0.1) is 0 Å². The molecule has 2 aliphatic rings. The Bertz CT molecular complexity index is 498. The first-order valence-corrected chi connectivity index (χ1v) is 7.12. The summed E-state index contributed by atoms with van der Waals surface area (Å²) in [7, 11) is 1.45. The number of methoxy groups -OCH3 is 1. The minimum atomic E-state index is -0.955. The maximum atomic E-state index is 10.7. The summed E-state index contributed by atoms with van der Waals surface area (Å²) in [6.45, 7) is 0.273. The van der Waals surface area contributed by atoms with Gasteiger partial charge in [0, 0.05) is 12.7 Å². The van der Waals surface area contributed by atoms with Crippen molar-refractivity contribution in [3.63, 3.8) is 0 Å². The standard InChI is InChI=1S/C15H19NO6/c1-19-15-11(16-8-17)12(18)13-10(21-15)7-20-14(22-13)9-5-3-2-4-6-9/h2-6,8,10-15,18H,7H2,1H3,(H,16,17)/t10-,11-,12-,13-,14+,15-/m1/s1. The van der Waals surface area contributed by atoms with E-state index in [4.69, 9.17) is 18.9 Å². The third-order valence-corrected chi connectivity index (χ3v) is 3.93. The van der Waals surface area contributed by atoms with Crippen molar-refractivity contribution < 1.29 is 28.8 Å². The molecule has 22 heavy (non-hydrogen) atoms. The number of aliphatic hydroxyl groups excluding tert-OH is 1. The van der Waals surface area contributed by atoms with E-state index < -0.39 is 36.9 Å². The second-order valence-electron chi connectivity index (χ2n) is 5.26. The summed E-state index contributed by atoms with van der Waals surface area (Å²) >= 11 is 0. The minimum Gasteiger partial charge on any atom is -0.388 e. The Morgan fingerprint density at radius 3 is 2.77 bits per heavy atom. The van der Waals surface area contributed by atoms with Crippen molar-refractivity contribution in [1.29, 1.82) is 0 Å². The number of nitrogens with one attached hydrogen (secondary N) is 1. The van der Waals surface area contributed by atoms with Crippen LogP contribution in [0.3, 0.4) is 0 Å². The zero-order chi connectivity index (χ0) is 15.5. The Labute approximate surface area is 128 Å². The number of aliphatic hydroxyl groups is 1. The molecule has 1 aromatic carbocycles. The van der Waals surface area contributed by atoms with Crippen LogP contribution in [-0.4, -0.2) is 55.9 Å². The lowest BCUT2D eigenvalue weighted by molar-refractivity contribution is -0.341. The number of ether oxygens (including phenoxy) is 4. The van der Waals surface area contributed by atoms with Gasteiger partial charge >= 0.3 is 0 Å². The van der Waals surface area contributed by atoms with Crippen LogP contribution in [0.5, 0.6) is 0 Å². The molecule has 1 aromatic rings. The van der Waals surface area contributed by atoms with E-state index in [1.54, 1.807) is 0 Å². The number of benzene rings is 1. The number of hydrogen-bond acceptors (Lipinski definition) is 6. The fraction of sp³-hybridized carbons (Fsp3) is 0.533. The van der Waals surface area contributed by atoms with Gasteiger partial charge < -0.3 is 29.4 Å². The van der Waals surface area contributed by atoms with E-state index in [-0.39, 0.29) is 6.61 Å². The second kappa shape index (κ2) is 6.72. The van der Waals surface area contributed by atoms with Crippen LogP contribution in [0, 0.1) is 0 Å². The average molecular weight is 309 g/mol. The molecule has 6 atom stereocenters. The van der Waals surface area contributed by atoms with Crippen LogP contribution >= 0.6 is 0 Å². The van der Waals surface area contributed by atoms with E-state index in [9.17, 15) is 9.90 Å². The summed E-state index contributed by atoms with van der Waals surface area (Å²) in [6, 6.07) is 8.76. The van der Waals surface area contributed by atoms with Crippen molar-refractivity contribution in [3.05, 3.63) is 35.9 Å². The zero-order valence-electron chi connectivity index (χ0n) is 12.1. The van der Waals surface area contributed by atoms with E-state index >= 15 is 0 Å². The molecule has 2 fully saturated rings. The third kappa shape index (κ3) is 2.86. The Hall–Kier alpha value is -1.51. The lowest BCUT2D eigenvalue weighted by Crippen LogP contribution is -2.65. The van der Waals surface area contributed by atoms with Gasteiger partial charge in [-0.1, -0.05) is 30.3 Å². The van der Waals surface area contributed by atoms with Gasteiger partial charge in [0.1, 0.15) is 24.4 Å². The van der Waals surface area contributed by atoms with Crippen molar-refractivity contribution >= 4 is 6.41 Å². The largest absolute Gasteiger partial charge is 0.388 e. The van der Waals surface area contributed by atoms with Gasteiger partial charge in [0.25, 0.3) is 0 Å². The highest BCUT2D eigenvalue weighted by Gasteiger charge is 2.49. The van der Waals surface area contributed by atoms with Crippen molar-refractivity contribution in [3.8, 4) is 0 Å². The molecule has 120 valence electrons. The number of amides is 1. The van der Waals surface area contributed by atoms with Crippen LogP contribution in [0.25, 0.3) is 0 Å². The molecule has 3 rings (SSSR count). The third-order valence-electron chi connectivity index (χ3n) is 3.93. The summed E-state index contributed by atoms with van der Waals surface area (Å²) < 4.78 is 22.4. The number of rotatable bonds is 4. The molecule has 0 aromatic heterocycles. The topological polar surface area (TPSA) is 86.2 Å².